The second-order valence-electron chi connectivity index (χ2n) is 6.93. The van der Waals surface area contributed by atoms with E-state index in [1.54, 1.807) is 11.2 Å². The smallest absolute Gasteiger partial charge is 0.409 e. The Kier molecular flexibility index (Phi) is 11.2. The molecule has 1 aliphatic rings. The number of halogens is 1. The van der Waals surface area contributed by atoms with Crippen molar-refractivity contribution >= 4 is 36.0 Å². The fourth-order valence-corrected chi connectivity index (χ4v) is 3.03. The van der Waals surface area contributed by atoms with Crippen LogP contribution < -0.4 is 10.6 Å². The van der Waals surface area contributed by atoms with Gasteiger partial charge in [-0.25, -0.2) is 4.79 Å². The zero-order chi connectivity index (χ0) is 19.6. The van der Waals surface area contributed by atoms with Gasteiger partial charge in [-0.2, -0.15) is 0 Å². The number of aryl methyl sites for hydroxylation is 1. The second kappa shape index (κ2) is 12.8. The van der Waals surface area contributed by atoms with Gasteiger partial charge in [0.15, 0.2) is 5.96 Å². The number of aliphatic imine (C=N–C) groups is 1. The predicted octanol–water partition coefficient (Wildman–Crippen LogP) is 2.02. The molecule has 9 nitrogen and oxygen atoms in total. The topological polar surface area (TPSA) is 96.7 Å². The van der Waals surface area contributed by atoms with Gasteiger partial charge in [-0.1, -0.05) is 6.92 Å². The Morgan fingerprint density at radius 2 is 2.07 bits per heavy atom. The maximum atomic E-state index is 11.8. The molecular formula is C18H34IN7O2. The van der Waals surface area contributed by atoms with Crippen LogP contribution in [0.1, 0.15) is 46.4 Å². The molecule has 1 aliphatic heterocycles. The van der Waals surface area contributed by atoms with Crippen molar-refractivity contribution in [3.8, 4) is 0 Å². The number of ether oxygens (including phenoxy) is 1. The van der Waals surface area contributed by atoms with Gasteiger partial charge in [0, 0.05) is 38.1 Å². The molecule has 0 saturated carbocycles. The average molecular weight is 507 g/mol. The van der Waals surface area contributed by atoms with Crippen molar-refractivity contribution in [2.75, 3.05) is 26.2 Å². The van der Waals surface area contributed by atoms with Crippen LogP contribution in [0.2, 0.25) is 0 Å². The number of nitrogens with one attached hydrogen (secondary N) is 2. The number of carbonyl (C=O) groups is 1. The van der Waals surface area contributed by atoms with E-state index in [1.807, 2.05) is 11.5 Å². The molecule has 2 rings (SSSR count). The molecule has 160 valence electrons. The van der Waals surface area contributed by atoms with Crippen LogP contribution in [0, 0.1) is 0 Å². The van der Waals surface area contributed by atoms with Crippen molar-refractivity contribution in [3.05, 3.63) is 12.2 Å². The van der Waals surface area contributed by atoms with Gasteiger partial charge in [0.1, 0.15) is 12.2 Å². The molecule has 0 aromatic carbocycles. The van der Waals surface area contributed by atoms with E-state index in [4.69, 9.17) is 9.73 Å². The molecule has 2 heterocycles. The first-order valence-corrected chi connectivity index (χ1v) is 9.89. The SMILES string of the molecule is CCOC(=O)N1CCC(NC(=NCCn2cnnc2CC)NC(C)C)CC1.I. The molecule has 28 heavy (non-hydrogen) atoms. The second-order valence-corrected chi connectivity index (χ2v) is 6.93. The Labute approximate surface area is 184 Å². The molecule has 0 spiro atoms. The molecule has 0 bridgehead atoms. The summed E-state index contributed by atoms with van der Waals surface area (Å²) in [6.45, 7) is 11.3. The summed E-state index contributed by atoms with van der Waals surface area (Å²) < 4.78 is 7.11. The summed E-state index contributed by atoms with van der Waals surface area (Å²) in [5.74, 6) is 1.79. The van der Waals surface area contributed by atoms with Crippen molar-refractivity contribution in [2.24, 2.45) is 4.99 Å². The summed E-state index contributed by atoms with van der Waals surface area (Å²) >= 11 is 0. The quantitative estimate of drug-likeness (QED) is 0.333. The summed E-state index contributed by atoms with van der Waals surface area (Å²) in [6, 6.07) is 0.582. The first-order valence-electron chi connectivity index (χ1n) is 9.89. The van der Waals surface area contributed by atoms with Crippen LogP contribution >= 0.6 is 24.0 Å². The van der Waals surface area contributed by atoms with Crippen LogP contribution in [0.15, 0.2) is 11.3 Å². The molecule has 0 aliphatic carbocycles. The third-order valence-electron chi connectivity index (χ3n) is 4.41. The Hall–Kier alpha value is -1.59. The Bertz CT molecular complexity index is 613. The summed E-state index contributed by atoms with van der Waals surface area (Å²) in [5.41, 5.74) is 0. The zero-order valence-corrected chi connectivity index (χ0v) is 19.7. The highest BCUT2D eigenvalue weighted by atomic mass is 127. The third kappa shape index (κ3) is 7.80. The minimum atomic E-state index is -0.217. The number of piperidine rings is 1. The van der Waals surface area contributed by atoms with Crippen LogP contribution in [0.25, 0.3) is 0 Å². The molecule has 0 radical (unpaired) electrons. The Morgan fingerprint density at radius 3 is 2.68 bits per heavy atom. The number of guanidine groups is 1. The van der Waals surface area contributed by atoms with Crippen LogP contribution in [0.5, 0.6) is 0 Å². The number of amides is 1. The van der Waals surface area contributed by atoms with Gasteiger partial charge < -0.3 is 24.8 Å². The molecule has 0 unspecified atom stereocenters. The van der Waals surface area contributed by atoms with E-state index in [0.29, 0.717) is 32.3 Å². The van der Waals surface area contributed by atoms with E-state index in [1.165, 1.54) is 0 Å². The molecule has 1 saturated heterocycles. The normalized spacial score (nSPS) is 15.3. The van der Waals surface area contributed by atoms with Crippen molar-refractivity contribution in [3.63, 3.8) is 0 Å². The first kappa shape index (κ1) is 24.4. The highest BCUT2D eigenvalue weighted by molar-refractivity contribution is 14.0. The number of rotatable bonds is 7. The van der Waals surface area contributed by atoms with Gasteiger partial charge in [0.25, 0.3) is 0 Å². The van der Waals surface area contributed by atoms with Crippen molar-refractivity contribution in [1.29, 1.82) is 0 Å². The highest BCUT2D eigenvalue weighted by Crippen LogP contribution is 2.11. The summed E-state index contributed by atoms with van der Waals surface area (Å²) in [4.78, 5) is 18.3. The van der Waals surface area contributed by atoms with Gasteiger partial charge in [-0.3, -0.25) is 4.99 Å². The third-order valence-corrected chi connectivity index (χ3v) is 4.41. The zero-order valence-electron chi connectivity index (χ0n) is 17.3. The molecule has 1 aromatic heterocycles. The summed E-state index contributed by atoms with van der Waals surface area (Å²) in [5, 5.41) is 14.9. The number of likely N-dealkylation sites (tertiary alicyclic amines) is 1. The van der Waals surface area contributed by atoms with Crippen molar-refractivity contribution < 1.29 is 9.53 Å². The minimum Gasteiger partial charge on any atom is -0.450 e. The van der Waals surface area contributed by atoms with Crippen molar-refractivity contribution in [1.82, 2.24) is 30.3 Å². The molecule has 1 aromatic rings. The fourth-order valence-electron chi connectivity index (χ4n) is 3.03. The lowest BCUT2D eigenvalue weighted by Gasteiger charge is -2.32. The van der Waals surface area contributed by atoms with E-state index in [9.17, 15) is 4.79 Å². The number of aromatic nitrogens is 3. The first-order chi connectivity index (χ1) is 13.0. The van der Waals surface area contributed by atoms with Crippen LogP contribution in [0.3, 0.4) is 0 Å². The van der Waals surface area contributed by atoms with Crippen LogP contribution in [-0.2, 0) is 17.7 Å². The molecule has 2 N–H and O–H groups in total. The highest BCUT2D eigenvalue weighted by Gasteiger charge is 2.24. The van der Waals surface area contributed by atoms with Crippen molar-refractivity contribution in [2.45, 2.75) is 65.6 Å². The monoisotopic (exact) mass is 507 g/mol. The van der Waals surface area contributed by atoms with E-state index in [0.717, 1.165) is 37.6 Å². The fraction of sp³-hybridized carbons (Fsp3) is 0.778. The maximum absolute atomic E-state index is 11.8. The lowest BCUT2D eigenvalue weighted by atomic mass is 10.1. The van der Waals surface area contributed by atoms with E-state index in [-0.39, 0.29) is 36.1 Å². The summed E-state index contributed by atoms with van der Waals surface area (Å²) in [7, 11) is 0. The van der Waals surface area contributed by atoms with E-state index in [2.05, 4.69) is 41.6 Å². The summed E-state index contributed by atoms with van der Waals surface area (Å²) in [6.07, 6.45) is 4.15. The van der Waals surface area contributed by atoms with Gasteiger partial charge in [-0.15, -0.1) is 34.2 Å². The maximum Gasteiger partial charge on any atom is 0.409 e. The van der Waals surface area contributed by atoms with Gasteiger partial charge in [-0.05, 0) is 33.6 Å². The lowest BCUT2D eigenvalue weighted by Crippen LogP contribution is -2.51. The van der Waals surface area contributed by atoms with Crippen LogP contribution in [0.4, 0.5) is 4.79 Å². The molecule has 1 amide bonds. The molecular weight excluding hydrogens is 473 g/mol. The van der Waals surface area contributed by atoms with Gasteiger partial charge >= 0.3 is 6.09 Å². The van der Waals surface area contributed by atoms with Crippen LogP contribution in [-0.4, -0.2) is 70.0 Å². The lowest BCUT2D eigenvalue weighted by molar-refractivity contribution is 0.0963. The Morgan fingerprint density at radius 1 is 1.36 bits per heavy atom. The van der Waals surface area contributed by atoms with E-state index < -0.39 is 0 Å². The van der Waals surface area contributed by atoms with E-state index >= 15 is 0 Å². The van der Waals surface area contributed by atoms with Gasteiger partial charge in [0.05, 0.1) is 13.2 Å². The average Bonchev–Trinajstić information content (AvgIpc) is 3.09. The number of hydrogen-bond donors (Lipinski definition) is 2. The standard InChI is InChI=1S/C18H33N7O2.HI/c1-5-16-23-20-13-25(16)12-9-19-17(21-14(3)4)22-15-7-10-24(11-8-15)18(26)27-6-2;/h13-15H,5-12H2,1-4H3,(H2,19,21,22);1H. The number of hydrogen-bond acceptors (Lipinski definition) is 5. The molecule has 10 heteroatoms. The minimum absolute atomic E-state index is 0. The predicted molar refractivity (Wildman–Crippen MR) is 120 cm³/mol. The molecule has 1 fully saturated rings. The number of carbonyl (C=O) groups excluding carboxylic acids is 1. The Balaban J connectivity index is 0.00000392. The van der Waals surface area contributed by atoms with Gasteiger partial charge in [0.2, 0.25) is 0 Å². The number of nitrogens with zero attached hydrogens (tertiary/aromatic N) is 5. The largest absolute Gasteiger partial charge is 0.450 e. The molecule has 0 atom stereocenters.